The van der Waals surface area contributed by atoms with Gasteiger partial charge in [-0.1, -0.05) is 33.1 Å². The highest BCUT2D eigenvalue weighted by Gasteiger charge is 2.22. The number of nitrogens with zero attached hydrogens (tertiary/aromatic N) is 3. The number of ether oxygens (including phenoxy) is 2. The number of aromatic nitrogens is 2. The van der Waals surface area contributed by atoms with Crippen LogP contribution >= 0.6 is 0 Å². The second kappa shape index (κ2) is 11.7. The van der Waals surface area contributed by atoms with E-state index in [1.54, 1.807) is 24.1 Å². The molecule has 3 aromatic rings. The van der Waals surface area contributed by atoms with Gasteiger partial charge in [-0.05, 0) is 44.0 Å². The highest BCUT2D eigenvalue weighted by atomic mass is 19.1. The Kier molecular flexibility index (Phi) is 8.46. The van der Waals surface area contributed by atoms with E-state index in [0.717, 1.165) is 44.3 Å². The van der Waals surface area contributed by atoms with Gasteiger partial charge in [0.15, 0.2) is 11.6 Å². The van der Waals surface area contributed by atoms with Gasteiger partial charge in [-0.3, -0.25) is 9.36 Å². The third-order valence-electron chi connectivity index (χ3n) is 6.90. The van der Waals surface area contributed by atoms with E-state index in [4.69, 9.17) is 9.47 Å². The van der Waals surface area contributed by atoms with E-state index >= 15 is 4.39 Å². The smallest absolute Gasteiger partial charge is 0.261 e. The highest BCUT2D eigenvalue weighted by molar-refractivity contribution is 5.83. The topological polar surface area (TPSA) is 68.6 Å². The molecule has 8 heteroatoms. The standard InChI is InChI=1S/C28H37FN4O3/c1-19(2)30-13-8-14-32(25-16-22(35-3)17-26(36-4)27(25)29)21-11-12-24-23(15-21)28(34)33(18-31-24)20-9-6-5-7-10-20/h11-12,15-20,30H,5-10,13-14H2,1-4H3. The Labute approximate surface area is 212 Å². The molecule has 1 aliphatic carbocycles. The summed E-state index contributed by atoms with van der Waals surface area (Å²) in [5, 5.41) is 3.96. The van der Waals surface area contributed by atoms with Crippen molar-refractivity contribution in [2.24, 2.45) is 0 Å². The van der Waals surface area contributed by atoms with Crippen molar-refractivity contribution in [3.8, 4) is 11.5 Å². The predicted octanol–water partition coefficient (Wildman–Crippen LogP) is 5.58. The van der Waals surface area contributed by atoms with E-state index in [9.17, 15) is 4.79 Å². The minimum Gasteiger partial charge on any atom is -0.497 e. The minimum atomic E-state index is -0.471. The van der Waals surface area contributed by atoms with Gasteiger partial charge >= 0.3 is 0 Å². The molecule has 4 rings (SSSR count). The highest BCUT2D eigenvalue weighted by Crippen LogP contribution is 2.37. The summed E-state index contributed by atoms with van der Waals surface area (Å²) >= 11 is 0. The minimum absolute atomic E-state index is 0.0427. The molecule has 0 atom stereocenters. The summed E-state index contributed by atoms with van der Waals surface area (Å²) in [5.41, 5.74) is 1.66. The Morgan fingerprint density at radius 3 is 2.61 bits per heavy atom. The van der Waals surface area contributed by atoms with Crippen molar-refractivity contribution in [1.82, 2.24) is 14.9 Å². The van der Waals surface area contributed by atoms with Gasteiger partial charge in [0.2, 0.25) is 0 Å². The van der Waals surface area contributed by atoms with Crippen molar-refractivity contribution in [2.75, 3.05) is 32.2 Å². The molecule has 36 heavy (non-hydrogen) atoms. The lowest BCUT2D eigenvalue weighted by Crippen LogP contribution is -2.28. The van der Waals surface area contributed by atoms with Crippen LogP contribution in [0.1, 0.15) is 58.4 Å². The summed E-state index contributed by atoms with van der Waals surface area (Å²) in [4.78, 5) is 20.0. The SMILES string of the molecule is COc1cc(OC)c(F)c(N(CCCNC(C)C)c2ccc3ncn(C4CCCCC4)c(=O)c3c2)c1. The predicted molar refractivity (Wildman–Crippen MR) is 142 cm³/mol. The van der Waals surface area contributed by atoms with Crippen LogP contribution < -0.4 is 25.2 Å². The maximum Gasteiger partial charge on any atom is 0.261 e. The Morgan fingerprint density at radius 1 is 1.14 bits per heavy atom. The van der Waals surface area contributed by atoms with Gasteiger partial charge in [-0.15, -0.1) is 0 Å². The third kappa shape index (κ3) is 5.64. The van der Waals surface area contributed by atoms with Gasteiger partial charge in [0, 0.05) is 36.4 Å². The van der Waals surface area contributed by atoms with Crippen LogP contribution in [0.2, 0.25) is 0 Å². The Balaban J connectivity index is 1.78. The van der Waals surface area contributed by atoms with Crippen LogP contribution in [0.3, 0.4) is 0 Å². The molecule has 0 aliphatic heterocycles. The molecule has 1 aliphatic rings. The summed E-state index contributed by atoms with van der Waals surface area (Å²) in [6.07, 6.45) is 7.92. The van der Waals surface area contributed by atoms with Crippen molar-refractivity contribution in [2.45, 2.75) is 64.5 Å². The van der Waals surface area contributed by atoms with Crippen LogP contribution in [0.5, 0.6) is 11.5 Å². The molecule has 0 saturated heterocycles. The first-order valence-corrected chi connectivity index (χ1v) is 12.9. The maximum atomic E-state index is 15.5. The van der Waals surface area contributed by atoms with Gasteiger partial charge in [0.05, 0.1) is 37.1 Å². The molecule has 2 aromatic carbocycles. The molecule has 194 valence electrons. The number of anilines is 2. The van der Waals surface area contributed by atoms with Crippen LogP contribution in [0.15, 0.2) is 41.5 Å². The summed E-state index contributed by atoms with van der Waals surface area (Å²) in [6, 6.07) is 9.31. The summed E-state index contributed by atoms with van der Waals surface area (Å²) in [7, 11) is 2.98. The van der Waals surface area contributed by atoms with Crippen LogP contribution in [-0.2, 0) is 0 Å². The molecule has 1 N–H and O–H groups in total. The monoisotopic (exact) mass is 496 g/mol. The van der Waals surface area contributed by atoms with Crippen LogP contribution in [0, 0.1) is 5.82 Å². The number of fused-ring (bicyclic) bond motifs is 1. The van der Waals surface area contributed by atoms with E-state index in [1.165, 1.54) is 19.6 Å². The normalized spacial score (nSPS) is 14.4. The fourth-order valence-electron chi connectivity index (χ4n) is 4.95. The maximum absolute atomic E-state index is 15.5. The average Bonchev–Trinajstić information content (AvgIpc) is 2.90. The van der Waals surface area contributed by atoms with Gasteiger partial charge < -0.3 is 19.7 Å². The summed E-state index contributed by atoms with van der Waals surface area (Å²) in [6.45, 7) is 5.51. The lowest BCUT2D eigenvalue weighted by atomic mass is 9.95. The molecule has 1 saturated carbocycles. The fourth-order valence-corrected chi connectivity index (χ4v) is 4.95. The largest absolute Gasteiger partial charge is 0.497 e. The second-order valence-corrected chi connectivity index (χ2v) is 9.73. The van der Waals surface area contributed by atoms with E-state index in [-0.39, 0.29) is 17.4 Å². The average molecular weight is 497 g/mol. The van der Waals surface area contributed by atoms with Crippen LogP contribution in [-0.4, -0.2) is 42.9 Å². The number of methoxy groups -OCH3 is 2. The van der Waals surface area contributed by atoms with Crippen LogP contribution in [0.25, 0.3) is 10.9 Å². The van der Waals surface area contributed by atoms with Crippen molar-refractivity contribution in [3.63, 3.8) is 0 Å². The summed E-state index contributed by atoms with van der Waals surface area (Å²) < 4.78 is 28.0. The molecule has 0 spiro atoms. The molecule has 0 bridgehead atoms. The molecule has 1 fully saturated rings. The van der Waals surface area contributed by atoms with Crippen molar-refractivity contribution in [1.29, 1.82) is 0 Å². The first-order chi connectivity index (χ1) is 17.4. The van der Waals surface area contributed by atoms with Gasteiger partial charge in [-0.2, -0.15) is 0 Å². The Hall–Kier alpha value is -3.13. The molecule has 0 unspecified atom stereocenters. The molecular formula is C28H37FN4O3. The lowest BCUT2D eigenvalue weighted by Gasteiger charge is -2.27. The molecule has 0 radical (unpaired) electrons. The zero-order chi connectivity index (χ0) is 25.7. The van der Waals surface area contributed by atoms with E-state index in [1.807, 2.05) is 23.1 Å². The number of benzene rings is 2. The first-order valence-electron chi connectivity index (χ1n) is 12.9. The molecule has 1 aromatic heterocycles. The number of hydrogen-bond donors (Lipinski definition) is 1. The number of rotatable bonds is 10. The molecule has 0 amide bonds. The van der Waals surface area contributed by atoms with Gasteiger partial charge in [0.1, 0.15) is 5.75 Å². The number of halogens is 1. The number of nitrogens with one attached hydrogen (secondary N) is 1. The van der Waals surface area contributed by atoms with E-state index in [2.05, 4.69) is 24.1 Å². The Bertz CT molecular complexity index is 1240. The summed E-state index contributed by atoms with van der Waals surface area (Å²) in [5.74, 6) is 0.133. The van der Waals surface area contributed by atoms with Gasteiger partial charge in [0.25, 0.3) is 5.56 Å². The van der Waals surface area contributed by atoms with Crippen molar-refractivity contribution in [3.05, 3.63) is 52.8 Å². The van der Waals surface area contributed by atoms with E-state index in [0.29, 0.717) is 34.9 Å². The molecule has 7 nitrogen and oxygen atoms in total. The second-order valence-electron chi connectivity index (χ2n) is 9.73. The lowest BCUT2D eigenvalue weighted by molar-refractivity contribution is 0.345. The fraction of sp³-hybridized carbons (Fsp3) is 0.500. The quantitative estimate of drug-likeness (QED) is 0.370. The van der Waals surface area contributed by atoms with Gasteiger partial charge in [-0.25, -0.2) is 9.37 Å². The Morgan fingerprint density at radius 2 is 1.92 bits per heavy atom. The number of hydrogen-bond acceptors (Lipinski definition) is 6. The first kappa shape index (κ1) is 25.9. The zero-order valence-electron chi connectivity index (χ0n) is 21.7. The third-order valence-corrected chi connectivity index (χ3v) is 6.90. The zero-order valence-corrected chi connectivity index (χ0v) is 21.7. The molecular weight excluding hydrogens is 459 g/mol. The van der Waals surface area contributed by atoms with Crippen LogP contribution in [0.4, 0.5) is 15.8 Å². The van der Waals surface area contributed by atoms with Crippen molar-refractivity contribution >= 4 is 22.3 Å². The van der Waals surface area contributed by atoms with Crippen molar-refractivity contribution < 1.29 is 13.9 Å². The molecule has 1 heterocycles. The van der Waals surface area contributed by atoms with E-state index < -0.39 is 5.82 Å².